The number of ether oxygens (including phenoxy) is 11. The van der Waals surface area contributed by atoms with Crippen LogP contribution in [0.15, 0.2) is 59.3 Å². The van der Waals surface area contributed by atoms with Gasteiger partial charge in [0.05, 0.1) is 49.3 Å². The predicted molar refractivity (Wildman–Crippen MR) is 225 cm³/mol. The first kappa shape index (κ1) is 46.2. The van der Waals surface area contributed by atoms with E-state index in [4.69, 9.17) is 52.1 Å². The topological polar surface area (TPSA) is 162 Å². The lowest BCUT2D eigenvalue weighted by Gasteiger charge is -2.48. The standard InChI is InChI=1S/C48H70O14/c1-11-25(2)42-28(5)17-18-46(61-42)23-34-20-33(60-46)16-15-27(4)41(58-39-22-37(53-10)43(31(8)56-39)59-38-21-36(52-9)40(49)30(7)55-38)26(3)13-12-14-32-24-54-48-44(62-48)29(6)19-35(45(50)57-34)47(32,48)51/h12-15,17-19,25-26,28,30-31,33-44,49,51H,11,16,20-24H2,1-10H3/b13-12+,27-15+,32-14+/t25-,26-,28-,30-,31-,33+,34-,35-,36-,37-,38-,39-,40-,41-,42+,43-,44+,46+,47+,48-/m0/s1. The molecule has 0 unspecified atom stereocenters. The van der Waals surface area contributed by atoms with Crippen molar-refractivity contribution in [3.05, 3.63) is 59.3 Å². The fourth-order valence-electron chi connectivity index (χ4n) is 11.0. The van der Waals surface area contributed by atoms with Crippen LogP contribution in [0.4, 0.5) is 0 Å². The average molecular weight is 871 g/mol. The molecule has 0 amide bonds. The number of epoxide rings is 1. The zero-order valence-corrected chi connectivity index (χ0v) is 38.1. The number of fused-ring (bicyclic) bond motifs is 2. The second kappa shape index (κ2) is 18.2. The summed E-state index contributed by atoms with van der Waals surface area (Å²) in [6.07, 6.45) is 10.9. The third kappa shape index (κ3) is 8.50. The van der Waals surface area contributed by atoms with Gasteiger partial charge in [0.2, 0.25) is 5.79 Å². The molecule has 0 aromatic heterocycles. The quantitative estimate of drug-likeness (QED) is 0.173. The number of rotatable bonds is 8. The molecule has 14 heteroatoms. The summed E-state index contributed by atoms with van der Waals surface area (Å²) in [6, 6.07) is 0. The van der Waals surface area contributed by atoms with Crippen molar-refractivity contribution in [1.82, 2.24) is 0 Å². The van der Waals surface area contributed by atoms with Crippen LogP contribution in [0.25, 0.3) is 0 Å². The molecule has 20 atom stereocenters. The first-order valence-corrected chi connectivity index (χ1v) is 22.9. The maximum absolute atomic E-state index is 14.4. The Bertz CT molecular complexity index is 1790. The van der Waals surface area contributed by atoms with Gasteiger partial charge in [0, 0.05) is 51.7 Å². The smallest absolute Gasteiger partial charge is 0.316 e. The number of hydrogen-bond donors (Lipinski definition) is 2. The van der Waals surface area contributed by atoms with Crippen LogP contribution < -0.4 is 0 Å². The van der Waals surface area contributed by atoms with Crippen molar-refractivity contribution < 1.29 is 67.1 Å². The van der Waals surface area contributed by atoms with Gasteiger partial charge in [-0.3, -0.25) is 4.79 Å². The number of allylic oxidation sites excluding steroid dienone is 2. The fourth-order valence-corrected chi connectivity index (χ4v) is 11.0. The molecule has 2 bridgehead atoms. The van der Waals surface area contributed by atoms with E-state index in [9.17, 15) is 15.0 Å². The van der Waals surface area contributed by atoms with Gasteiger partial charge >= 0.3 is 5.97 Å². The zero-order valence-electron chi connectivity index (χ0n) is 38.1. The van der Waals surface area contributed by atoms with Crippen molar-refractivity contribution in [3.8, 4) is 0 Å². The van der Waals surface area contributed by atoms with Crippen LogP contribution in [0.2, 0.25) is 0 Å². The van der Waals surface area contributed by atoms with Crippen molar-refractivity contribution in [2.24, 2.45) is 23.7 Å². The van der Waals surface area contributed by atoms with E-state index in [0.29, 0.717) is 37.7 Å². The summed E-state index contributed by atoms with van der Waals surface area (Å²) < 4.78 is 70.1. The van der Waals surface area contributed by atoms with Crippen molar-refractivity contribution in [2.75, 3.05) is 20.8 Å². The Balaban J connectivity index is 1.08. The Kier molecular flexibility index (Phi) is 13.5. The molecule has 0 saturated carbocycles. The van der Waals surface area contributed by atoms with Crippen LogP contribution in [0, 0.1) is 23.7 Å². The minimum Gasteiger partial charge on any atom is -0.462 e. The van der Waals surface area contributed by atoms with Crippen molar-refractivity contribution in [1.29, 1.82) is 0 Å². The molecule has 0 aromatic carbocycles. The lowest BCUT2D eigenvalue weighted by Crippen LogP contribution is -2.56. The molecule has 5 saturated heterocycles. The molecule has 8 aliphatic rings. The highest BCUT2D eigenvalue weighted by molar-refractivity contribution is 5.79. The summed E-state index contributed by atoms with van der Waals surface area (Å²) in [4.78, 5) is 14.4. The maximum Gasteiger partial charge on any atom is 0.316 e. The van der Waals surface area contributed by atoms with E-state index in [1.54, 1.807) is 27.2 Å². The van der Waals surface area contributed by atoms with E-state index in [0.717, 1.165) is 17.6 Å². The fraction of sp³-hybridized carbons (Fsp3) is 0.771. The van der Waals surface area contributed by atoms with Gasteiger partial charge in [-0.15, -0.1) is 0 Å². The Morgan fingerprint density at radius 1 is 0.887 bits per heavy atom. The van der Waals surface area contributed by atoms with E-state index in [1.807, 2.05) is 38.2 Å². The molecule has 0 aromatic rings. The van der Waals surface area contributed by atoms with Gasteiger partial charge in [0.15, 0.2) is 24.0 Å². The number of esters is 1. The second-order valence-electron chi connectivity index (χ2n) is 19.2. The van der Waals surface area contributed by atoms with E-state index in [1.165, 1.54) is 0 Å². The van der Waals surface area contributed by atoms with Crippen molar-refractivity contribution in [3.63, 3.8) is 0 Å². The van der Waals surface area contributed by atoms with E-state index >= 15 is 0 Å². The van der Waals surface area contributed by atoms with Gasteiger partial charge in [-0.25, -0.2) is 0 Å². The van der Waals surface area contributed by atoms with Crippen LogP contribution in [0.5, 0.6) is 0 Å². The Labute approximate surface area is 366 Å². The Morgan fingerprint density at radius 2 is 1.61 bits per heavy atom. The van der Waals surface area contributed by atoms with Gasteiger partial charge in [0.25, 0.3) is 0 Å². The van der Waals surface area contributed by atoms with E-state index < -0.39 is 90.5 Å². The van der Waals surface area contributed by atoms with Crippen molar-refractivity contribution in [2.45, 2.75) is 191 Å². The lowest BCUT2D eigenvalue weighted by molar-refractivity contribution is -0.318. The highest BCUT2D eigenvalue weighted by Crippen LogP contribution is 2.62. The van der Waals surface area contributed by atoms with Crippen LogP contribution in [-0.4, -0.2) is 134 Å². The molecule has 8 rings (SSSR count). The van der Waals surface area contributed by atoms with E-state index in [-0.39, 0.29) is 42.7 Å². The molecule has 7 heterocycles. The first-order valence-electron chi connectivity index (χ1n) is 22.9. The zero-order chi connectivity index (χ0) is 44.3. The highest BCUT2D eigenvalue weighted by atomic mass is 16.8. The summed E-state index contributed by atoms with van der Waals surface area (Å²) in [5.41, 5.74) is 0.575. The molecule has 2 N–H and O–H groups in total. The monoisotopic (exact) mass is 870 g/mol. The Hall–Kier alpha value is -2.31. The molecule has 346 valence electrons. The number of carbonyl (C=O) groups excluding carboxylic acids is 1. The summed E-state index contributed by atoms with van der Waals surface area (Å²) in [7, 11) is 3.23. The van der Waals surface area contributed by atoms with Gasteiger partial charge in [-0.05, 0) is 62.8 Å². The normalized spacial score (nSPS) is 50.8. The Morgan fingerprint density at radius 3 is 2.35 bits per heavy atom. The molecular formula is C48H70O14. The third-order valence-corrected chi connectivity index (χ3v) is 14.8. The second-order valence-corrected chi connectivity index (χ2v) is 19.2. The van der Waals surface area contributed by atoms with E-state index in [2.05, 4.69) is 46.8 Å². The first-order chi connectivity index (χ1) is 29.5. The summed E-state index contributed by atoms with van der Waals surface area (Å²) in [5.74, 6) is -3.73. The number of aliphatic hydroxyl groups is 2. The number of methoxy groups -OCH3 is 2. The van der Waals surface area contributed by atoms with Crippen LogP contribution in [-0.2, 0) is 56.9 Å². The van der Waals surface area contributed by atoms with Gasteiger partial charge in [0.1, 0.15) is 30.3 Å². The van der Waals surface area contributed by atoms with Gasteiger partial charge in [-0.1, -0.05) is 70.6 Å². The molecule has 5 fully saturated rings. The molecule has 62 heavy (non-hydrogen) atoms. The van der Waals surface area contributed by atoms with Gasteiger partial charge < -0.3 is 62.3 Å². The van der Waals surface area contributed by atoms with Gasteiger partial charge in [-0.2, -0.15) is 0 Å². The summed E-state index contributed by atoms with van der Waals surface area (Å²) in [5, 5.41) is 23.2. The number of carbonyl (C=O) groups is 1. The summed E-state index contributed by atoms with van der Waals surface area (Å²) in [6.45, 7) is 16.4. The lowest BCUT2D eigenvalue weighted by atomic mass is 9.72. The minimum atomic E-state index is -1.77. The van der Waals surface area contributed by atoms with Crippen LogP contribution >= 0.6 is 0 Å². The largest absolute Gasteiger partial charge is 0.462 e. The molecule has 7 aliphatic heterocycles. The maximum atomic E-state index is 14.4. The summed E-state index contributed by atoms with van der Waals surface area (Å²) >= 11 is 0. The predicted octanol–water partition coefficient (Wildman–Crippen LogP) is 5.74. The minimum absolute atomic E-state index is 0.0785. The third-order valence-electron chi connectivity index (χ3n) is 14.8. The number of aliphatic hydroxyl groups excluding tert-OH is 1. The molecule has 2 spiro atoms. The molecule has 0 radical (unpaired) electrons. The number of hydrogen-bond acceptors (Lipinski definition) is 14. The average Bonchev–Trinajstić information content (AvgIpc) is 3.94. The SMILES string of the molecule is CC[C@H](C)[C@H]1O[C@]2(C=C[C@@H]1C)C[C@@H]1C[C@@H](C/C=C(\C)[C@@H](O[C@H]3C[C@H](OC)[C@@H](O[C@H]4C[C@H](OC)[C@@H](O)[C@H](C)O4)[C@H](C)O3)[C@@H](C)/C=C/C=C3\CO[C@]45O[C@@H]4C(C)=C[C@@H](C(=O)O1)[C@]35O)O2. The molecule has 1 aliphatic carbocycles. The highest BCUT2D eigenvalue weighted by Gasteiger charge is 2.80. The van der Waals surface area contributed by atoms with Crippen molar-refractivity contribution >= 4 is 5.97 Å². The van der Waals surface area contributed by atoms with Crippen LogP contribution in [0.3, 0.4) is 0 Å². The molecular weight excluding hydrogens is 801 g/mol. The van der Waals surface area contributed by atoms with Crippen LogP contribution in [0.1, 0.15) is 93.9 Å². The molecule has 14 nitrogen and oxygen atoms in total.